The van der Waals surface area contributed by atoms with E-state index in [1.807, 2.05) is 37.3 Å². The molecule has 0 bridgehead atoms. The molecule has 1 unspecified atom stereocenters. The predicted molar refractivity (Wildman–Crippen MR) is 96.2 cm³/mol. The van der Waals surface area contributed by atoms with Gasteiger partial charge in [-0.25, -0.2) is 14.5 Å². The van der Waals surface area contributed by atoms with Gasteiger partial charge in [0.1, 0.15) is 18.4 Å². The second-order valence-corrected chi connectivity index (χ2v) is 6.13. The Morgan fingerprint density at radius 3 is 2.92 bits per heavy atom. The average Bonchev–Trinajstić information content (AvgIpc) is 3.31. The molecule has 1 aromatic carbocycles. The summed E-state index contributed by atoms with van der Waals surface area (Å²) in [6.07, 6.45) is 3.14. The summed E-state index contributed by atoms with van der Waals surface area (Å²) in [6.45, 7) is 2.62. The molecular formula is C18H18N6O2. The lowest BCUT2D eigenvalue weighted by Crippen LogP contribution is -2.18. The van der Waals surface area contributed by atoms with Gasteiger partial charge >= 0.3 is 0 Å². The number of fused-ring (bicyclic) bond motifs is 1. The van der Waals surface area contributed by atoms with Gasteiger partial charge in [-0.3, -0.25) is 14.6 Å². The lowest BCUT2D eigenvalue weighted by atomic mass is 10.1. The van der Waals surface area contributed by atoms with Gasteiger partial charge < -0.3 is 4.74 Å². The highest BCUT2D eigenvalue weighted by molar-refractivity contribution is 5.65. The molecule has 8 nitrogen and oxygen atoms in total. The van der Waals surface area contributed by atoms with Crippen molar-refractivity contribution in [2.24, 2.45) is 0 Å². The van der Waals surface area contributed by atoms with Crippen molar-refractivity contribution in [2.75, 3.05) is 7.11 Å². The van der Waals surface area contributed by atoms with E-state index in [1.165, 1.54) is 10.8 Å². The molecule has 1 atom stereocenters. The number of methoxy groups -OCH3 is 1. The van der Waals surface area contributed by atoms with Crippen molar-refractivity contribution in [2.45, 2.75) is 19.4 Å². The van der Waals surface area contributed by atoms with Crippen LogP contribution in [0.25, 0.3) is 16.9 Å². The highest BCUT2D eigenvalue weighted by Crippen LogP contribution is 2.23. The summed E-state index contributed by atoms with van der Waals surface area (Å²) in [6, 6.07) is 11.1. The van der Waals surface area contributed by atoms with Crippen LogP contribution in [0.5, 0.6) is 5.75 Å². The molecule has 4 rings (SSSR count). The van der Waals surface area contributed by atoms with Gasteiger partial charge in [0.05, 0.1) is 25.0 Å². The first kappa shape index (κ1) is 16.1. The molecule has 0 aliphatic carbocycles. The summed E-state index contributed by atoms with van der Waals surface area (Å²) in [5.74, 6) is 0.785. The van der Waals surface area contributed by atoms with E-state index in [1.54, 1.807) is 24.2 Å². The zero-order valence-corrected chi connectivity index (χ0v) is 14.5. The molecular weight excluding hydrogens is 332 g/mol. The van der Waals surface area contributed by atoms with Crippen molar-refractivity contribution < 1.29 is 4.74 Å². The Balaban J connectivity index is 1.72. The number of rotatable bonds is 5. The maximum atomic E-state index is 12.5. The van der Waals surface area contributed by atoms with Crippen LogP contribution >= 0.6 is 0 Å². The van der Waals surface area contributed by atoms with Crippen LogP contribution in [0.2, 0.25) is 0 Å². The summed E-state index contributed by atoms with van der Waals surface area (Å²) in [7, 11) is 1.62. The standard InChI is InChI=1S/C18H18N6O2/c1-12(9-23-11-19-10-20-23)15-8-18(25)24-17(21-15)7-16(22-24)13-4-3-5-14(6-13)26-2/h3-8,10-12,22H,9H2,1-2H3. The first-order chi connectivity index (χ1) is 12.6. The maximum absolute atomic E-state index is 12.5. The van der Waals surface area contributed by atoms with Crippen molar-refractivity contribution in [3.63, 3.8) is 0 Å². The number of hydrogen-bond donors (Lipinski definition) is 1. The lowest BCUT2D eigenvalue weighted by molar-refractivity contribution is 0.415. The van der Waals surface area contributed by atoms with E-state index in [4.69, 9.17) is 4.74 Å². The number of ether oxygens (including phenoxy) is 1. The number of H-pyrrole nitrogens is 1. The van der Waals surface area contributed by atoms with E-state index in [0.717, 1.165) is 22.7 Å². The molecule has 0 saturated heterocycles. The second-order valence-electron chi connectivity index (χ2n) is 6.13. The van der Waals surface area contributed by atoms with E-state index >= 15 is 0 Å². The van der Waals surface area contributed by atoms with Crippen molar-refractivity contribution in [1.82, 2.24) is 29.4 Å². The zero-order chi connectivity index (χ0) is 18.1. The lowest BCUT2D eigenvalue weighted by Gasteiger charge is -2.10. The minimum Gasteiger partial charge on any atom is -0.497 e. The number of aromatic amines is 1. The maximum Gasteiger partial charge on any atom is 0.272 e. The number of hydrogen-bond acceptors (Lipinski definition) is 5. The Bertz CT molecular complexity index is 1100. The van der Waals surface area contributed by atoms with Crippen LogP contribution in [-0.4, -0.2) is 36.5 Å². The van der Waals surface area contributed by atoms with Crippen LogP contribution < -0.4 is 10.3 Å². The first-order valence-electron chi connectivity index (χ1n) is 8.23. The molecule has 0 amide bonds. The molecule has 0 aliphatic heterocycles. The van der Waals surface area contributed by atoms with Gasteiger partial charge in [0.2, 0.25) is 0 Å². The molecule has 26 heavy (non-hydrogen) atoms. The third-order valence-corrected chi connectivity index (χ3v) is 4.28. The Labute approximate surface area is 149 Å². The molecule has 0 aliphatic rings. The van der Waals surface area contributed by atoms with Gasteiger partial charge in [-0.15, -0.1) is 0 Å². The van der Waals surface area contributed by atoms with Crippen molar-refractivity contribution in [1.29, 1.82) is 0 Å². The van der Waals surface area contributed by atoms with E-state index in [0.29, 0.717) is 12.2 Å². The van der Waals surface area contributed by atoms with Gasteiger partial charge in [0.15, 0.2) is 5.65 Å². The number of nitrogens with one attached hydrogen (secondary N) is 1. The molecule has 8 heteroatoms. The Morgan fingerprint density at radius 1 is 1.27 bits per heavy atom. The van der Waals surface area contributed by atoms with Crippen LogP contribution in [0.3, 0.4) is 0 Å². The predicted octanol–water partition coefficient (Wildman–Crippen LogP) is 2.09. The van der Waals surface area contributed by atoms with E-state index in [2.05, 4.69) is 20.2 Å². The van der Waals surface area contributed by atoms with E-state index < -0.39 is 0 Å². The summed E-state index contributed by atoms with van der Waals surface area (Å²) in [5, 5.41) is 7.20. The number of benzene rings is 1. The summed E-state index contributed by atoms with van der Waals surface area (Å²) in [4.78, 5) is 21.1. The highest BCUT2D eigenvalue weighted by Gasteiger charge is 2.13. The minimum atomic E-state index is -0.149. The third-order valence-electron chi connectivity index (χ3n) is 4.28. The topological polar surface area (TPSA) is 90.1 Å². The Kier molecular flexibility index (Phi) is 4.00. The van der Waals surface area contributed by atoms with Crippen LogP contribution in [0.15, 0.2) is 53.8 Å². The second kappa shape index (κ2) is 6.47. The highest BCUT2D eigenvalue weighted by atomic mass is 16.5. The molecule has 0 fully saturated rings. The van der Waals surface area contributed by atoms with Gasteiger partial charge in [0.25, 0.3) is 5.56 Å². The molecule has 0 radical (unpaired) electrons. The van der Waals surface area contributed by atoms with Crippen LogP contribution in [-0.2, 0) is 6.54 Å². The number of aromatic nitrogens is 6. The largest absolute Gasteiger partial charge is 0.497 e. The molecule has 3 aromatic heterocycles. The Morgan fingerprint density at radius 2 is 2.15 bits per heavy atom. The fourth-order valence-corrected chi connectivity index (χ4v) is 2.90. The monoisotopic (exact) mass is 350 g/mol. The first-order valence-corrected chi connectivity index (χ1v) is 8.23. The SMILES string of the molecule is COc1cccc(-c2cc3nc(C(C)Cn4cncn4)cc(=O)n3[nH]2)c1. The molecule has 3 heterocycles. The fourth-order valence-electron chi connectivity index (χ4n) is 2.90. The van der Waals surface area contributed by atoms with Gasteiger partial charge in [-0.1, -0.05) is 19.1 Å². The van der Waals surface area contributed by atoms with Crippen LogP contribution in [0.4, 0.5) is 0 Å². The average molecular weight is 350 g/mol. The molecule has 0 saturated carbocycles. The van der Waals surface area contributed by atoms with Crippen LogP contribution in [0.1, 0.15) is 18.5 Å². The van der Waals surface area contributed by atoms with Gasteiger partial charge in [0, 0.05) is 23.6 Å². The van der Waals surface area contributed by atoms with Crippen molar-refractivity contribution in [3.8, 4) is 17.0 Å². The summed E-state index contributed by atoms with van der Waals surface area (Å²) < 4.78 is 8.44. The molecule has 1 N–H and O–H groups in total. The zero-order valence-electron chi connectivity index (χ0n) is 14.5. The van der Waals surface area contributed by atoms with Crippen molar-refractivity contribution >= 4 is 5.65 Å². The summed E-state index contributed by atoms with van der Waals surface area (Å²) >= 11 is 0. The smallest absolute Gasteiger partial charge is 0.272 e. The third kappa shape index (κ3) is 2.97. The minimum absolute atomic E-state index is 0.0320. The number of nitrogens with zero attached hydrogens (tertiary/aromatic N) is 5. The quantitative estimate of drug-likeness (QED) is 0.595. The molecule has 4 aromatic rings. The van der Waals surface area contributed by atoms with Crippen LogP contribution in [0, 0.1) is 0 Å². The van der Waals surface area contributed by atoms with Gasteiger partial charge in [-0.2, -0.15) is 5.10 Å². The summed E-state index contributed by atoms with van der Waals surface area (Å²) in [5.41, 5.74) is 2.88. The molecule has 0 spiro atoms. The van der Waals surface area contributed by atoms with E-state index in [9.17, 15) is 4.79 Å². The van der Waals surface area contributed by atoms with Crippen molar-refractivity contribution in [3.05, 3.63) is 65.1 Å². The Hall–Kier alpha value is -3.42. The fraction of sp³-hybridized carbons (Fsp3) is 0.222. The molecule has 132 valence electrons. The van der Waals surface area contributed by atoms with Gasteiger partial charge in [-0.05, 0) is 12.1 Å². The normalized spacial score (nSPS) is 12.4. The van der Waals surface area contributed by atoms with E-state index in [-0.39, 0.29) is 11.5 Å².